The van der Waals surface area contributed by atoms with E-state index in [0.717, 1.165) is 21.5 Å². The number of methoxy groups -OCH3 is 1. The van der Waals surface area contributed by atoms with Gasteiger partial charge in [0.05, 0.1) is 35.6 Å². The van der Waals surface area contributed by atoms with Crippen molar-refractivity contribution in [2.45, 2.75) is 13.5 Å². The zero-order valence-electron chi connectivity index (χ0n) is 17.1. The predicted octanol–water partition coefficient (Wildman–Crippen LogP) is 4.78. The van der Waals surface area contributed by atoms with Crippen molar-refractivity contribution in [1.82, 2.24) is 14.8 Å². The number of anilines is 1. The molecule has 0 aliphatic rings. The Kier molecular flexibility index (Phi) is 6.50. The van der Waals surface area contributed by atoms with Gasteiger partial charge in [-0.05, 0) is 36.8 Å². The predicted molar refractivity (Wildman–Crippen MR) is 122 cm³/mol. The number of benzene rings is 1. The van der Waals surface area contributed by atoms with Crippen LogP contribution in [0.15, 0.2) is 48.7 Å². The summed E-state index contributed by atoms with van der Waals surface area (Å²) in [5, 5.41) is 9.18. The molecule has 0 aliphatic heterocycles. The summed E-state index contributed by atoms with van der Waals surface area (Å²) < 4.78 is 12.3. The van der Waals surface area contributed by atoms with Gasteiger partial charge in [-0.15, -0.1) is 11.3 Å². The molecule has 0 spiro atoms. The lowest BCUT2D eigenvalue weighted by Crippen LogP contribution is -2.11. The van der Waals surface area contributed by atoms with E-state index in [0.29, 0.717) is 41.2 Å². The highest BCUT2D eigenvalue weighted by Crippen LogP contribution is 2.29. The molecule has 0 bridgehead atoms. The van der Waals surface area contributed by atoms with E-state index in [1.165, 1.54) is 11.3 Å². The number of hydrogen-bond donors (Lipinski definition) is 1. The summed E-state index contributed by atoms with van der Waals surface area (Å²) in [5.74, 6) is 0.295. The molecule has 0 radical (unpaired) electrons. The number of amides is 1. The Balaban J connectivity index is 1.48. The van der Waals surface area contributed by atoms with Crippen molar-refractivity contribution in [1.29, 1.82) is 0 Å². The third-order valence-corrected chi connectivity index (χ3v) is 6.01. The SMILES string of the molecule is COCCOc1ccc(NC(=O)c2cc3c(C)nn(Cc4ccc(Cl)cc4)c3s2)cn1. The van der Waals surface area contributed by atoms with Crippen LogP contribution in [0.4, 0.5) is 5.69 Å². The molecule has 0 fully saturated rings. The highest BCUT2D eigenvalue weighted by molar-refractivity contribution is 7.20. The number of aromatic nitrogens is 3. The average Bonchev–Trinajstić information content (AvgIpc) is 3.33. The van der Waals surface area contributed by atoms with E-state index in [-0.39, 0.29) is 5.91 Å². The lowest BCUT2D eigenvalue weighted by Gasteiger charge is -2.06. The average molecular weight is 457 g/mol. The lowest BCUT2D eigenvalue weighted by atomic mass is 10.2. The van der Waals surface area contributed by atoms with Gasteiger partial charge in [-0.3, -0.25) is 9.48 Å². The molecule has 0 aliphatic carbocycles. The first kappa shape index (κ1) is 21.3. The van der Waals surface area contributed by atoms with Crippen LogP contribution in [0.3, 0.4) is 0 Å². The number of ether oxygens (including phenoxy) is 2. The Hall–Kier alpha value is -2.94. The van der Waals surface area contributed by atoms with Gasteiger partial charge in [0.2, 0.25) is 5.88 Å². The molecule has 1 aromatic carbocycles. The first-order chi connectivity index (χ1) is 15.0. The molecular weight excluding hydrogens is 436 g/mol. The molecule has 0 saturated heterocycles. The molecule has 1 N–H and O–H groups in total. The molecule has 0 saturated carbocycles. The van der Waals surface area contributed by atoms with Crippen molar-refractivity contribution >= 4 is 44.7 Å². The highest BCUT2D eigenvalue weighted by Gasteiger charge is 2.17. The van der Waals surface area contributed by atoms with E-state index in [4.69, 9.17) is 21.1 Å². The van der Waals surface area contributed by atoms with Crippen LogP contribution < -0.4 is 10.1 Å². The van der Waals surface area contributed by atoms with Gasteiger partial charge in [0.1, 0.15) is 11.4 Å². The summed E-state index contributed by atoms with van der Waals surface area (Å²) in [6.45, 7) is 3.46. The van der Waals surface area contributed by atoms with Gasteiger partial charge in [0, 0.05) is 23.6 Å². The van der Waals surface area contributed by atoms with Gasteiger partial charge in [0.25, 0.3) is 5.91 Å². The number of pyridine rings is 1. The van der Waals surface area contributed by atoms with E-state index in [1.54, 1.807) is 25.4 Å². The quantitative estimate of drug-likeness (QED) is 0.386. The normalized spacial score (nSPS) is 11.1. The minimum absolute atomic E-state index is 0.187. The second kappa shape index (κ2) is 9.47. The molecule has 31 heavy (non-hydrogen) atoms. The third kappa shape index (κ3) is 5.04. The van der Waals surface area contributed by atoms with E-state index >= 15 is 0 Å². The third-order valence-electron chi connectivity index (χ3n) is 4.61. The van der Waals surface area contributed by atoms with Crippen molar-refractivity contribution in [2.75, 3.05) is 25.6 Å². The van der Waals surface area contributed by atoms with Gasteiger partial charge in [-0.2, -0.15) is 5.10 Å². The van der Waals surface area contributed by atoms with E-state index < -0.39 is 0 Å². The van der Waals surface area contributed by atoms with Crippen LogP contribution in [0, 0.1) is 6.92 Å². The van der Waals surface area contributed by atoms with Crippen molar-refractivity contribution in [3.8, 4) is 5.88 Å². The number of nitrogens with zero attached hydrogens (tertiary/aromatic N) is 3. The number of halogens is 1. The van der Waals surface area contributed by atoms with E-state index in [1.807, 2.05) is 41.9 Å². The molecule has 4 aromatic rings. The van der Waals surface area contributed by atoms with Gasteiger partial charge in [-0.25, -0.2) is 4.98 Å². The zero-order chi connectivity index (χ0) is 21.8. The molecule has 9 heteroatoms. The van der Waals surface area contributed by atoms with E-state index in [2.05, 4.69) is 15.4 Å². The van der Waals surface area contributed by atoms with Crippen LogP contribution in [0.25, 0.3) is 10.2 Å². The van der Waals surface area contributed by atoms with E-state index in [9.17, 15) is 4.79 Å². The Morgan fingerprint density at radius 2 is 2.00 bits per heavy atom. The number of fused-ring (bicyclic) bond motifs is 1. The first-order valence-electron chi connectivity index (χ1n) is 9.64. The van der Waals surface area contributed by atoms with Crippen molar-refractivity contribution in [2.24, 2.45) is 0 Å². The number of carbonyl (C=O) groups excluding carboxylic acids is 1. The molecule has 3 aromatic heterocycles. The van der Waals surface area contributed by atoms with Gasteiger partial charge < -0.3 is 14.8 Å². The summed E-state index contributed by atoms with van der Waals surface area (Å²) in [7, 11) is 1.61. The van der Waals surface area contributed by atoms with Crippen molar-refractivity contribution < 1.29 is 14.3 Å². The maximum atomic E-state index is 12.8. The number of carbonyl (C=O) groups is 1. The summed E-state index contributed by atoms with van der Waals surface area (Å²) in [5.41, 5.74) is 2.58. The monoisotopic (exact) mass is 456 g/mol. The first-order valence-corrected chi connectivity index (χ1v) is 10.8. The molecule has 7 nitrogen and oxygen atoms in total. The molecule has 4 rings (SSSR count). The van der Waals surface area contributed by atoms with Crippen LogP contribution in [0.5, 0.6) is 5.88 Å². The Morgan fingerprint density at radius 3 is 2.71 bits per heavy atom. The number of thiophene rings is 1. The lowest BCUT2D eigenvalue weighted by molar-refractivity contribution is 0.103. The summed E-state index contributed by atoms with van der Waals surface area (Å²) >= 11 is 7.39. The molecule has 0 atom stereocenters. The molecule has 3 heterocycles. The number of rotatable bonds is 8. The largest absolute Gasteiger partial charge is 0.475 e. The Labute approximate surface area is 188 Å². The van der Waals surface area contributed by atoms with Crippen LogP contribution in [0.1, 0.15) is 20.9 Å². The van der Waals surface area contributed by atoms with Crippen LogP contribution in [-0.4, -0.2) is 41.0 Å². The molecule has 0 unspecified atom stereocenters. The highest BCUT2D eigenvalue weighted by atomic mass is 35.5. The number of aryl methyl sites for hydroxylation is 1. The Morgan fingerprint density at radius 1 is 1.19 bits per heavy atom. The summed E-state index contributed by atoms with van der Waals surface area (Å²) in [6.07, 6.45) is 1.57. The smallest absolute Gasteiger partial charge is 0.265 e. The maximum absolute atomic E-state index is 12.8. The molecule has 1 amide bonds. The van der Waals surface area contributed by atoms with Gasteiger partial charge >= 0.3 is 0 Å². The number of hydrogen-bond acceptors (Lipinski definition) is 6. The maximum Gasteiger partial charge on any atom is 0.265 e. The van der Waals surface area contributed by atoms with Crippen LogP contribution >= 0.6 is 22.9 Å². The number of nitrogens with one attached hydrogen (secondary N) is 1. The standard InChI is InChI=1S/C22H21ClN4O3S/c1-14-18-11-19(21(28)25-17-7-8-20(24-12-17)30-10-9-29-2)31-22(18)27(26-14)13-15-3-5-16(23)6-4-15/h3-8,11-12H,9-10,13H2,1-2H3,(H,25,28). The second-order valence-corrected chi connectivity index (χ2v) is 8.35. The zero-order valence-corrected chi connectivity index (χ0v) is 18.7. The fourth-order valence-corrected chi connectivity index (χ4v) is 4.24. The minimum atomic E-state index is -0.187. The summed E-state index contributed by atoms with van der Waals surface area (Å²) in [4.78, 5) is 18.5. The summed E-state index contributed by atoms with van der Waals surface area (Å²) in [6, 6.07) is 13.0. The molecular formula is C22H21ClN4O3S. The molecule has 160 valence electrons. The van der Waals surface area contributed by atoms with Gasteiger partial charge in [-0.1, -0.05) is 23.7 Å². The topological polar surface area (TPSA) is 78.3 Å². The fraction of sp³-hybridized carbons (Fsp3) is 0.227. The fourth-order valence-electron chi connectivity index (χ4n) is 3.06. The van der Waals surface area contributed by atoms with Gasteiger partial charge in [0.15, 0.2) is 0 Å². The van der Waals surface area contributed by atoms with Crippen molar-refractivity contribution in [3.05, 3.63) is 69.8 Å². The van der Waals surface area contributed by atoms with Crippen LogP contribution in [0.2, 0.25) is 5.02 Å². The van der Waals surface area contributed by atoms with Crippen molar-refractivity contribution in [3.63, 3.8) is 0 Å². The second-order valence-electron chi connectivity index (χ2n) is 6.88. The Bertz CT molecular complexity index is 1190. The van der Waals surface area contributed by atoms with Crippen LogP contribution in [-0.2, 0) is 11.3 Å². The minimum Gasteiger partial charge on any atom is -0.475 e.